The van der Waals surface area contributed by atoms with Gasteiger partial charge in [0.15, 0.2) is 0 Å². The molecule has 6 heteroatoms. The Hall–Kier alpha value is -3.41. The van der Waals surface area contributed by atoms with Crippen LogP contribution in [0.25, 0.3) is 10.9 Å². The maximum absolute atomic E-state index is 11.9. The number of fused-ring (bicyclic) bond motifs is 1. The fourth-order valence-electron chi connectivity index (χ4n) is 2.38. The number of H-pyrrole nitrogens is 1. The van der Waals surface area contributed by atoms with E-state index in [0.717, 1.165) is 22.0 Å². The summed E-state index contributed by atoms with van der Waals surface area (Å²) in [5, 5.41) is 7.51. The summed E-state index contributed by atoms with van der Waals surface area (Å²) in [6, 6.07) is 14.9. The number of hydrogen-bond acceptors (Lipinski definition) is 3. The van der Waals surface area contributed by atoms with Gasteiger partial charge in [-0.2, -0.15) is 5.10 Å². The molecule has 1 aromatic heterocycles. The second-order valence-corrected chi connectivity index (χ2v) is 5.63. The lowest BCUT2D eigenvalue weighted by Gasteiger charge is -2.04. The molecule has 3 N–H and O–H groups in total. The maximum atomic E-state index is 11.9. The monoisotopic (exact) mass is 334 g/mol. The number of hydrogen-bond donors (Lipinski definition) is 3. The van der Waals surface area contributed by atoms with Crippen LogP contribution in [0.3, 0.4) is 0 Å². The Labute approximate surface area is 144 Å². The van der Waals surface area contributed by atoms with Gasteiger partial charge in [0.05, 0.1) is 12.8 Å². The van der Waals surface area contributed by atoms with Crippen LogP contribution in [-0.4, -0.2) is 29.6 Å². The molecule has 0 atom stereocenters. The van der Waals surface area contributed by atoms with Gasteiger partial charge in [0, 0.05) is 28.2 Å². The Morgan fingerprint density at radius 3 is 2.68 bits per heavy atom. The topological polar surface area (TPSA) is 86.3 Å². The summed E-state index contributed by atoms with van der Waals surface area (Å²) < 4.78 is 0. The standard InChI is InChI=1S/C19H18N4O2/c1-13-6-8-14(9-7-13)19(25)21-12-18(24)23-22-11-15-10-20-17-5-3-2-4-16(15)17/h2-11,20H,12H2,1H3,(H,21,25)(H,23,24). The molecule has 25 heavy (non-hydrogen) atoms. The molecule has 3 rings (SSSR count). The van der Waals surface area contributed by atoms with Gasteiger partial charge in [0.1, 0.15) is 0 Å². The predicted molar refractivity (Wildman–Crippen MR) is 97.5 cm³/mol. The average Bonchev–Trinajstić information content (AvgIpc) is 3.04. The highest BCUT2D eigenvalue weighted by Crippen LogP contribution is 2.15. The number of para-hydroxylation sites is 1. The van der Waals surface area contributed by atoms with Crippen LogP contribution in [0.4, 0.5) is 0 Å². The molecule has 126 valence electrons. The molecule has 0 saturated carbocycles. The summed E-state index contributed by atoms with van der Waals surface area (Å²) >= 11 is 0. The third kappa shape index (κ3) is 4.11. The molecule has 0 bridgehead atoms. The van der Waals surface area contributed by atoms with Crippen LogP contribution in [0.1, 0.15) is 21.5 Å². The molecule has 2 amide bonds. The number of hydrazone groups is 1. The largest absolute Gasteiger partial charge is 0.361 e. The molecule has 6 nitrogen and oxygen atoms in total. The van der Waals surface area contributed by atoms with Crippen LogP contribution in [0.5, 0.6) is 0 Å². The summed E-state index contributed by atoms with van der Waals surface area (Å²) in [6.45, 7) is 1.80. The van der Waals surface area contributed by atoms with Crippen molar-refractivity contribution in [2.45, 2.75) is 6.92 Å². The van der Waals surface area contributed by atoms with E-state index in [1.165, 1.54) is 0 Å². The van der Waals surface area contributed by atoms with Gasteiger partial charge in [-0.3, -0.25) is 9.59 Å². The van der Waals surface area contributed by atoms with Crippen molar-refractivity contribution in [3.05, 3.63) is 71.4 Å². The number of aromatic nitrogens is 1. The van der Waals surface area contributed by atoms with Crippen molar-refractivity contribution >= 4 is 28.9 Å². The number of carbonyl (C=O) groups excluding carboxylic acids is 2. The SMILES string of the molecule is Cc1ccc(C(=O)NCC(=O)NN=Cc2c[nH]c3ccccc23)cc1. The molecule has 0 spiro atoms. The minimum absolute atomic E-state index is 0.141. The van der Waals surface area contributed by atoms with E-state index in [4.69, 9.17) is 0 Å². The zero-order valence-corrected chi connectivity index (χ0v) is 13.7. The predicted octanol–water partition coefficient (Wildman–Crippen LogP) is 2.36. The summed E-state index contributed by atoms with van der Waals surface area (Å²) in [4.78, 5) is 26.8. The summed E-state index contributed by atoms with van der Waals surface area (Å²) in [6.07, 6.45) is 3.39. The van der Waals surface area contributed by atoms with Crippen LogP contribution in [-0.2, 0) is 4.79 Å². The first kappa shape index (κ1) is 16.4. The minimum atomic E-state index is -0.392. The van der Waals surface area contributed by atoms with Crippen LogP contribution in [0, 0.1) is 6.92 Å². The summed E-state index contributed by atoms with van der Waals surface area (Å²) in [5.74, 6) is -0.688. The number of aryl methyl sites for hydroxylation is 1. The normalized spacial score (nSPS) is 10.9. The van der Waals surface area contributed by atoms with Gasteiger partial charge in [-0.25, -0.2) is 5.43 Å². The summed E-state index contributed by atoms with van der Waals surface area (Å²) in [7, 11) is 0. The van der Waals surface area contributed by atoms with E-state index in [0.29, 0.717) is 5.56 Å². The fraction of sp³-hybridized carbons (Fsp3) is 0.105. The second-order valence-electron chi connectivity index (χ2n) is 5.63. The zero-order chi connectivity index (χ0) is 17.6. The Bertz CT molecular complexity index is 926. The van der Waals surface area contributed by atoms with Gasteiger partial charge in [0.2, 0.25) is 0 Å². The van der Waals surface area contributed by atoms with Crippen molar-refractivity contribution in [3.63, 3.8) is 0 Å². The smallest absolute Gasteiger partial charge is 0.259 e. The Kier molecular flexibility index (Phi) is 4.89. The van der Waals surface area contributed by atoms with E-state index in [-0.39, 0.29) is 12.5 Å². The zero-order valence-electron chi connectivity index (χ0n) is 13.7. The van der Waals surface area contributed by atoms with Crippen molar-refractivity contribution in [1.29, 1.82) is 0 Å². The molecule has 0 radical (unpaired) electrons. The first-order chi connectivity index (χ1) is 12.1. The number of aromatic amines is 1. The third-order valence-electron chi connectivity index (χ3n) is 3.74. The number of benzene rings is 2. The van der Waals surface area contributed by atoms with Gasteiger partial charge in [-0.05, 0) is 25.1 Å². The summed E-state index contributed by atoms with van der Waals surface area (Å²) in [5.41, 5.74) is 5.86. The molecule has 0 unspecified atom stereocenters. The molecule has 3 aromatic rings. The van der Waals surface area contributed by atoms with Gasteiger partial charge < -0.3 is 10.3 Å². The minimum Gasteiger partial charge on any atom is -0.361 e. The van der Waals surface area contributed by atoms with Crippen molar-refractivity contribution in [1.82, 2.24) is 15.7 Å². The van der Waals surface area contributed by atoms with Gasteiger partial charge in [-0.1, -0.05) is 35.9 Å². The molecule has 1 heterocycles. The second kappa shape index (κ2) is 7.44. The molecule has 0 aliphatic rings. The van der Waals surface area contributed by atoms with E-state index in [2.05, 4.69) is 20.8 Å². The number of nitrogens with one attached hydrogen (secondary N) is 3. The molecule has 0 aliphatic carbocycles. The fourth-order valence-corrected chi connectivity index (χ4v) is 2.38. The van der Waals surface area contributed by atoms with Gasteiger partial charge in [-0.15, -0.1) is 0 Å². The van der Waals surface area contributed by atoms with E-state index < -0.39 is 5.91 Å². The number of amides is 2. The molecule has 0 fully saturated rings. The van der Waals surface area contributed by atoms with Crippen molar-refractivity contribution in [2.75, 3.05) is 6.54 Å². The quantitative estimate of drug-likeness (QED) is 0.494. The van der Waals surface area contributed by atoms with Crippen molar-refractivity contribution < 1.29 is 9.59 Å². The lowest BCUT2D eigenvalue weighted by atomic mass is 10.1. The van der Waals surface area contributed by atoms with Crippen LogP contribution < -0.4 is 10.7 Å². The molecular weight excluding hydrogens is 316 g/mol. The molecule has 0 saturated heterocycles. The van der Waals surface area contributed by atoms with Crippen LogP contribution in [0.15, 0.2) is 59.8 Å². The number of nitrogens with zero attached hydrogens (tertiary/aromatic N) is 1. The van der Waals surface area contributed by atoms with Gasteiger partial charge >= 0.3 is 0 Å². The van der Waals surface area contributed by atoms with Crippen LogP contribution >= 0.6 is 0 Å². The van der Waals surface area contributed by atoms with Crippen molar-refractivity contribution in [3.8, 4) is 0 Å². The lowest BCUT2D eigenvalue weighted by Crippen LogP contribution is -2.34. The average molecular weight is 334 g/mol. The van der Waals surface area contributed by atoms with E-state index in [1.807, 2.05) is 49.5 Å². The number of rotatable bonds is 5. The highest BCUT2D eigenvalue weighted by Gasteiger charge is 2.07. The van der Waals surface area contributed by atoms with Crippen molar-refractivity contribution in [2.24, 2.45) is 5.10 Å². The van der Waals surface area contributed by atoms with Gasteiger partial charge in [0.25, 0.3) is 11.8 Å². The number of carbonyl (C=O) groups is 2. The first-order valence-corrected chi connectivity index (χ1v) is 7.86. The van der Waals surface area contributed by atoms with E-state index in [9.17, 15) is 9.59 Å². The highest BCUT2D eigenvalue weighted by atomic mass is 16.2. The first-order valence-electron chi connectivity index (χ1n) is 7.86. The Morgan fingerprint density at radius 2 is 1.88 bits per heavy atom. The highest BCUT2D eigenvalue weighted by molar-refractivity contribution is 5.99. The van der Waals surface area contributed by atoms with Crippen LogP contribution in [0.2, 0.25) is 0 Å². The van der Waals surface area contributed by atoms with E-state index >= 15 is 0 Å². The lowest BCUT2D eigenvalue weighted by molar-refractivity contribution is -0.120. The Balaban J connectivity index is 1.51. The Morgan fingerprint density at radius 1 is 1.12 bits per heavy atom. The third-order valence-corrected chi connectivity index (χ3v) is 3.74. The van der Waals surface area contributed by atoms with E-state index in [1.54, 1.807) is 18.3 Å². The molecule has 2 aromatic carbocycles. The molecular formula is C19H18N4O2. The molecule has 0 aliphatic heterocycles. The maximum Gasteiger partial charge on any atom is 0.259 e.